The van der Waals surface area contributed by atoms with Gasteiger partial charge in [0.15, 0.2) is 0 Å². The molecular weight excluding hydrogens is 130 g/mol. The lowest BCUT2D eigenvalue weighted by Gasteiger charge is -2.09. The highest BCUT2D eigenvalue weighted by molar-refractivity contribution is 5.86. The summed E-state index contributed by atoms with van der Waals surface area (Å²) in [6.45, 7) is 2.49. The Kier molecular flexibility index (Phi) is 1.76. The van der Waals surface area contributed by atoms with Gasteiger partial charge in [-0.15, -0.1) is 0 Å². The van der Waals surface area contributed by atoms with E-state index in [-0.39, 0.29) is 5.70 Å². The number of nitrogens with one attached hydrogen (secondary N) is 1. The molecule has 0 aromatic carbocycles. The Labute approximate surface area is 59.0 Å². The van der Waals surface area contributed by atoms with Crippen molar-refractivity contribution < 1.29 is 9.90 Å². The molecule has 0 atom stereocenters. The van der Waals surface area contributed by atoms with E-state index in [4.69, 9.17) is 5.11 Å². The second-order valence-electron chi connectivity index (χ2n) is 2.19. The van der Waals surface area contributed by atoms with Crippen LogP contribution in [0.1, 0.15) is 6.92 Å². The van der Waals surface area contributed by atoms with Crippen LogP contribution in [0, 0.1) is 0 Å². The Morgan fingerprint density at radius 1 is 1.80 bits per heavy atom. The molecule has 0 unspecified atom stereocenters. The lowest BCUT2D eigenvalue weighted by atomic mass is 10.2. The van der Waals surface area contributed by atoms with Crippen molar-refractivity contribution in [3.8, 4) is 0 Å². The molecule has 1 aliphatic heterocycles. The maximum atomic E-state index is 10.3. The van der Waals surface area contributed by atoms with E-state index in [9.17, 15) is 4.79 Å². The molecular formula is C7H9NO2. The molecule has 0 aromatic heterocycles. The van der Waals surface area contributed by atoms with Crippen LogP contribution in [0.25, 0.3) is 0 Å². The van der Waals surface area contributed by atoms with Crippen molar-refractivity contribution in [3.05, 3.63) is 23.4 Å². The fourth-order valence-corrected chi connectivity index (χ4v) is 0.797. The van der Waals surface area contributed by atoms with Crippen LogP contribution >= 0.6 is 0 Å². The third kappa shape index (κ3) is 1.37. The van der Waals surface area contributed by atoms with Crippen LogP contribution < -0.4 is 5.32 Å². The van der Waals surface area contributed by atoms with Gasteiger partial charge in [-0.05, 0) is 13.0 Å². The van der Waals surface area contributed by atoms with Gasteiger partial charge in [0.25, 0.3) is 0 Å². The summed E-state index contributed by atoms with van der Waals surface area (Å²) >= 11 is 0. The van der Waals surface area contributed by atoms with Gasteiger partial charge in [-0.2, -0.15) is 0 Å². The molecule has 1 heterocycles. The van der Waals surface area contributed by atoms with E-state index in [0.29, 0.717) is 6.54 Å². The monoisotopic (exact) mass is 139 g/mol. The molecule has 0 radical (unpaired) electrons. The summed E-state index contributed by atoms with van der Waals surface area (Å²) in [7, 11) is 0. The predicted molar refractivity (Wildman–Crippen MR) is 37.5 cm³/mol. The molecule has 0 aliphatic carbocycles. The average Bonchev–Trinajstić information content (AvgIpc) is 1.88. The molecule has 1 aliphatic rings. The first-order chi connectivity index (χ1) is 4.70. The lowest BCUT2D eigenvalue weighted by Crippen LogP contribution is -2.22. The molecule has 0 saturated heterocycles. The van der Waals surface area contributed by atoms with Gasteiger partial charge in [0.05, 0.1) is 0 Å². The van der Waals surface area contributed by atoms with Crippen LogP contribution in [0.4, 0.5) is 0 Å². The molecule has 0 fully saturated rings. The number of hydrogen-bond acceptors (Lipinski definition) is 2. The van der Waals surface area contributed by atoms with Gasteiger partial charge < -0.3 is 10.4 Å². The minimum Gasteiger partial charge on any atom is -0.477 e. The number of aliphatic carboxylic acids is 1. The Morgan fingerprint density at radius 2 is 2.50 bits per heavy atom. The lowest BCUT2D eigenvalue weighted by molar-refractivity contribution is -0.133. The maximum Gasteiger partial charge on any atom is 0.351 e. The summed E-state index contributed by atoms with van der Waals surface area (Å²) in [5, 5.41) is 11.2. The van der Waals surface area contributed by atoms with Gasteiger partial charge in [-0.3, -0.25) is 0 Å². The fourth-order valence-electron chi connectivity index (χ4n) is 0.797. The molecule has 0 amide bonds. The molecule has 0 aromatic rings. The van der Waals surface area contributed by atoms with Crippen molar-refractivity contribution in [1.82, 2.24) is 5.32 Å². The van der Waals surface area contributed by atoms with Crippen molar-refractivity contribution in [1.29, 1.82) is 0 Å². The van der Waals surface area contributed by atoms with Gasteiger partial charge in [0, 0.05) is 6.54 Å². The maximum absolute atomic E-state index is 10.3. The SMILES string of the molecule is CC1=CCNC(C(=O)O)=C1. The van der Waals surface area contributed by atoms with Crippen LogP contribution in [0.5, 0.6) is 0 Å². The summed E-state index contributed by atoms with van der Waals surface area (Å²) in [5.74, 6) is -0.896. The topological polar surface area (TPSA) is 49.3 Å². The Bertz CT molecular complexity index is 216. The highest BCUT2D eigenvalue weighted by Crippen LogP contribution is 2.03. The smallest absolute Gasteiger partial charge is 0.351 e. The van der Waals surface area contributed by atoms with Gasteiger partial charge in [0.2, 0.25) is 0 Å². The number of carboxylic acid groups (broad SMARTS) is 1. The van der Waals surface area contributed by atoms with Crippen LogP contribution in [0.15, 0.2) is 23.4 Å². The summed E-state index contributed by atoms with van der Waals surface area (Å²) in [6.07, 6.45) is 3.55. The number of carbonyl (C=O) groups is 1. The summed E-state index contributed by atoms with van der Waals surface area (Å²) in [4.78, 5) is 10.3. The Morgan fingerprint density at radius 3 is 2.90 bits per heavy atom. The van der Waals surface area contributed by atoms with Gasteiger partial charge >= 0.3 is 5.97 Å². The molecule has 0 bridgehead atoms. The quantitative estimate of drug-likeness (QED) is 0.556. The summed E-state index contributed by atoms with van der Waals surface area (Å²) in [6, 6.07) is 0. The van der Waals surface area contributed by atoms with E-state index in [1.54, 1.807) is 6.08 Å². The highest BCUT2D eigenvalue weighted by atomic mass is 16.4. The molecule has 0 spiro atoms. The summed E-state index contributed by atoms with van der Waals surface area (Å²) < 4.78 is 0. The molecule has 2 N–H and O–H groups in total. The standard InChI is InChI=1S/C7H9NO2/c1-5-2-3-8-6(4-5)7(9)10/h2,4,8H,3H2,1H3,(H,9,10). The number of carboxylic acids is 1. The van der Waals surface area contributed by atoms with Gasteiger partial charge in [-0.25, -0.2) is 4.79 Å². The highest BCUT2D eigenvalue weighted by Gasteiger charge is 2.07. The number of allylic oxidation sites excluding steroid dienone is 2. The van der Waals surface area contributed by atoms with Crippen molar-refractivity contribution in [2.75, 3.05) is 6.54 Å². The Hall–Kier alpha value is -1.25. The zero-order chi connectivity index (χ0) is 7.56. The average molecular weight is 139 g/mol. The minimum absolute atomic E-state index is 0.278. The van der Waals surface area contributed by atoms with Crippen molar-refractivity contribution in [2.45, 2.75) is 6.92 Å². The van der Waals surface area contributed by atoms with E-state index in [2.05, 4.69) is 5.32 Å². The molecule has 3 nitrogen and oxygen atoms in total. The number of hydrogen-bond donors (Lipinski definition) is 2. The van der Waals surface area contributed by atoms with Crippen molar-refractivity contribution in [3.63, 3.8) is 0 Å². The van der Waals surface area contributed by atoms with E-state index in [0.717, 1.165) is 5.57 Å². The van der Waals surface area contributed by atoms with E-state index >= 15 is 0 Å². The predicted octanol–water partition coefficient (Wildman–Crippen LogP) is 0.504. The van der Waals surface area contributed by atoms with E-state index in [1.807, 2.05) is 13.0 Å². The number of dihydropyridines is 1. The molecule has 10 heavy (non-hydrogen) atoms. The van der Waals surface area contributed by atoms with Crippen molar-refractivity contribution in [2.24, 2.45) is 0 Å². The second-order valence-corrected chi connectivity index (χ2v) is 2.19. The molecule has 54 valence electrons. The molecule has 1 rings (SSSR count). The third-order valence-corrected chi connectivity index (χ3v) is 1.32. The first kappa shape index (κ1) is 6.86. The normalized spacial score (nSPS) is 16.9. The third-order valence-electron chi connectivity index (χ3n) is 1.32. The van der Waals surface area contributed by atoms with Crippen molar-refractivity contribution >= 4 is 5.97 Å². The van der Waals surface area contributed by atoms with Crippen LogP contribution in [-0.2, 0) is 4.79 Å². The first-order valence-corrected chi connectivity index (χ1v) is 3.06. The van der Waals surface area contributed by atoms with Crippen LogP contribution in [0.2, 0.25) is 0 Å². The van der Waals surface area contributed by atoms with Crippen LogP contribution in [-0.4, -0.2) is 17.6 Å². The molecule has 3 heteroatoms. The fraction of sp³-hybridized carbons (Fsp3) is 0.286. The van der Waals surface area contributed by atoms with E-state index < -0.39 is 5.97 Å². The minimum atomic E-state index is -0.896. The number of rotatable bonds is 1. The molecule has 0 saturated carbocycles. The summed E-state index contributed by atoms with van der Waals surface area (Å²) in [5.41, 5.74) is 1.27. The largest absolute Gasteiger partial charge is 0.477 e. The van der Waals surface area contributed by atoms with Crippen LogP contribution in [0.3, 0.4) is 0 Å². The van der Waals surface area contributed by atoms with Gasteiger partial charge in [0.1, 0.15) is 5.70 Å². The second kappa shape index (κ2) is 2.56. The Balaban J connectivity index is 2.78. The zero-order valence-electron chi connectivity index (χ0n) is 5.72. The first-order valence-electron chi connectivity index (χ1n) is 3.06. The zero-order valence-corrected chi connectivity index (χ0v) is 5.72. The van der Waals surface area contributed by atoms with Gasteiger partial charge in [-0.1, -0.05) is 11.6 Å². The van der Waals surface area contributed by atoms with E-state index in [1.165, 1.54) is 0 Å².